The monoisotopic (exact) mass is 517 g/mol. The van der Waals surface area contributed by atoms with E-state index >= 15 is 0 Å². The van der Waals surface area contributed by atoms with Crippen molar-refractivity contribution in [2.24, 2.45) is 0 Å². The van der Waals surface area contributed by atoms with Crippen molar-refractivity contribution in [3.63, 3.8) is 0 Å². The first kappa shape index (κ1) is 22.0. The topological polar surface area (TPSA) is 80.0 Å². The van der Waals surface area contributed by atoms with Crippen LogP contribution in [-0.4, -0.2) is 28.8 Å². The third-order valence-electron chi connectivity index (χ3n) is 5.85. The van der Waals surface area contributed by atoms with Crippen molar-refractivity contribution in [1.82, 2.24) is 4.90 Å². The van der Waals surface area contributed by atoms with E-state index in [1.807, 2.05) is 66.7 Å². The molecule has 0 saturated heterocycles. The number of hydrogen-bond acceptors (Lipinski definition) is 5. The van der Waals surface area contributed by atoms with E-state index in [4.69, 9.17) is 9.15 Å². The van der Waals surface area contributed by atoms with Crippen molar-refractivity contribution in [2.75, 3.05) is 7.11 Å². The van der Waals surface area contributed by atoms with Crippen LogP contribution >= 0.6 is 15.9 Å². The predicted molar refractivity (Wildman–Crippen MR) is 131 cm³/mol. The van der Waals surface area contributed by atoms with Crippen LogP contribution in [0.3, 0.4) is 0 Å². The van der Waals surface area contributed by atoms with Gasteiger partial charge in [0, 0.05) is 16.4 Å². The molecule has 1 unspecified atom stereocenters. The molecule has 4 aromatic rings. The van der Waals surface area contributed by atoms with E-state index in [0.29, 0.717) is 16.9 Å². The number of carbonyl (C=O) groups excluding carboxylic acids is 2. The number of methoxy groups -OCH3 is 1. The first-order valence-corrected chi connectivity index (χ1v) is 11.4. The van der Waals surface area contributed by atoms with Crippen LogP contribution in [0.4, 0.5) is 0 Å². The number of Topliss-reactive ketones (excluding diaryl/α,β-unsaturated/α-hetero) is 1. The number of ketones is 1. The lowest BCUT2D eigenvalue weighted by atomic mass is 9.95. The third-order valence-corrected chi connectivity index (χ3v) is 6.35. The second-order valence-electron chi connectivity index (χ2n) is 7.98. The molecule has 0 aliphatic carbocycles. The van der Waals surface area contributed by atoms with Crippen molar-refractivity contribution in [3.05, 3.63) is 112 Å². The van der Waals surface area contributed by atoms with Gasteiger partial charge in [-0.25, -0.2) is 0 Å². The minimum absolute atomic E-state index is 0.00258. The highest BCUT2D eigenvalue weighted by Gasteiger charge is 2.44. The molecule has 0 saturated carbocycles. The Morgan fingerprint density at radius 1 is 1.06 bits per heavy atom. The SMILES string of the molecule is COc1cccc(CN2C(=O)C(O)=C(C(=O)c3cc4cc(Br)ccc4o3)C2c2ccccc2)c1. The van der Waals surface area contributed by atoms with Crippen molar-refractivity contribution in [2.45, 2.75) is 12.6 Å². The summed E-state index contributed by atoms with van der Waals surface area (Å²) in [5.41, 5.74) is 2.06. The number of ether oxygens (including phenoxy) is 1. The Kier molecular flexibility index (Phi) is 5.71. The molecule has 34 heavy (non-hydrogen) atoms. The Balaban J connectivity index is 1.58. The second kappa shape index (κ2) is 8.83. The standard InChI is InChI=1S/C27H20BrNO5/c1-33-20-9-5-6-16(12-20)15-29-24(17-7-3-2-4-8-17)23(26(31)27(29)32)25(30)22-14-18-13-19(28)10-11-21(18)34-22/h2-14,24,31H,15H2,1H3. The number of rotatable bonds is 6. The number of carbonyl (C=O) groups is 2. The summed E-state index contributed by atoms with van der Waals surface area (Å²) in [5.74, 6) is -0.989. The number of furan rings is 1. The predicted octanol–water partition coefficient (Wildman–Crippen LogP) is 5.98. The smallest absolute Gasteiger partial charge is 0.290 e. The molecule has 0 fully saturated rings. The van der Waals surface area contributed by atoms with E-state index in [1.54, 1.807) is 19.2 Å². The van der Waals surface area contributed by atoms with Gasteiger partial charge in [-0.05, 0) is 47.5 Å². The van der Waals surface area contributed by atoms with Crippen LogP contribution in [0, 0.1) is 0 Å². The van der Waals surface area contributed by atoms with Gasteiger partial charge in [-0.1, -0.05) is 58.4 Å². The highest BCUT2D eigenvalue weighted by Crippen LogP contribution is 2.40. The number of benzene rings is 3. The van der Waals surface area contributed by atoms with Gasteiger partial charge in [0.2, 0.25) is 5.78 Å². The molecule has 1 aliphatic rings. The van der Waals surface area contributed by atoms with E-state index in [1.165, 1.54) is 4.90 Å². The fourth-order valence-electron chi connectivity index (χ4n) is 4.26. The molecular formula is C27H20BrNO5. The minimum atomic E-state index is -0.771. The van der Waals surface area contributed by atoms with Crippen LogP contribution in [-0.2, 0) is 11.3 Å². The Morgan fingerprint density at radius 3 is 2.62 bits per heavy atom. The van der Waals surface area contributed by atoms with E-state index in [-0.39, 0.29) is 17.9 Å². The molecule has 7 heteroatoms. The largest absolute Gasteiger partial charge is 0.503 e. The van der Waals surface area contributed by atoms with Gasteiger partial charge in [0.15, 0.2) is 11.5 Å². The van der Waals surface area contributed by atoms with Gasteiger partial charge in [0.1, 0.15) is 11.3 Å². The van der Waals surface area contributed by atoms with E-state index in [9.17, 15) is 14.7 Å². The molecule has 1 amide bonds. The Bertz CT molecular complexity index is 1440. The summed E-state index contributed by atoms with van der Waals surface area (Å²) in [6, 6.07) is 22.8. The maximum Gasteiger partial charge on any atom is 0.290 e. The first-order chi connectivity index (χ1) is 16.5. The molecule has 3 aromatic carbocycles. The number of amides is 1. The van der Waals surface area contributed by atoms with Crippen molar-refractivity contribution in [3.8, 4) is 5.75 Å². The van der Waals surface area contributed by atoms with Crippen LogP contribution in [0.15, 0.2) is 99.1 Å². The first-order valence-electron chi connectivity index (χ1n) is 10.6. The zero-order chi connectivity index (χ0) is 23.8. The molecule has 1 atom stereocenters. The molecular weight excluding hydrogens is 498 g/mol. The number of aliphatic hydroxyl groups is 1. The highest BCUT2D eigenvalue weighted by atomic mass is 79.9. The van der Waals surface area contributed by atoms with Crippen LogP contribution in [0.5, 0.6) is 5.75 Å². The minimum Gasteiger partial charge on any atom is -0.503 e. The lowest BCUT2D eigenvalue weighted by molar-refractivity contribution is -0.130. The fraction of sp³-hybridized carbons (Fsp3) is 0.111. The number of halogens is 1. The molecule has 1 aliphatic heterocycles. The Labute approximate surface area is 204 Å². The van der Waals surface area contributed by atoms with Gasteiger partial charge >= 0.3 is 0 Å². The summed E-state index contributed by atoms with van der Waals surface area (Å²) in [7, 11) is 1.57. The zero-order valence-corrected chi connectivity index (χ0v) is 19.8. The van der Waals surface area contributed by atoms with Crippen LogP contribution in [0.25, 0.3) is 11.0 Å². The van der Waals surface area contributed by atoms with E-state index in [2.05, 4.69) is 15.9 Å². The van der Waals surface area contributed by atoms with Gasteiger partial charge < -0.3 is 19.2 Å². The van der Waals surface area contributed by atoms with Gasteiger partial charge in [-0.15, -0.1) is 0 Å². The Morgan fingerprint density at radius 2 is 1.85 bits per heavy atom. The quantitative estimate of drug-likeness (QED) is 0.318. The average Bonchev–Trinajstić information content (AvgIpc) is 3.38. The van der Waals surface area contributed by atoms with Crippen molar-refractivity contribution >= 4 is 38.6 Å². The van der Waals surface area contributed by atoms with Crippen molar-refractivity contribution < 1.29 is 23.8 Å². The van der Waals surface area contributed by atoms with Crippen LogP contribution in [0.2, 0.25) is 0 Å². The molecule has 0 radical (unpaired) electrons. The number of aliphatic hydroxyl groups excluding tert-OH is 1. The van der Waals surface area contributed by atoms with Gasteiger partial charge in [-0.2, -0.15) is 0 Å². The van der Waals surface area contributed by atoms with E-state index < -0.39 is 23.5 Å². The maximum absolute atomic E-state index is 13.6. The van der Waals surface area contributed by atoms with Crippen molar-refractivity contribution in [1.29, 1.82) is 0 Å². The molecule has 2 heterocycles. The fourth-order valence-corrected chi connectivity index (χ4v) is 4.64. The highest BCUT2D eigenvalue weighted by molar-refractivity contribution is 9.10. The normalized spacial score (nSPS) is 15.9. The molecule has 1 N–H and O–H groups in total. The van der Waals surface area contributed by atoms with Crippen LogP contribution < -0.4 is 4.74 Å². The average molecular weight is 518 g/mol. The summed E-state index contributed by atoms with van der Waals surface area (Å²) in [6.45, 7) is 0.184. The van der Waals surface area contributed by atoms with Gasteiger partial charge in [0.25, 0.3) is 5.91 Å². The number of hydrogen-bond donors (Lipinski definition) is 1. The molecule has 170 valence electrons. The van der Waals surface area contributed by atoms with Gasteiger partial charge in [0.05, 0.1) is 18.7 Å². The second-order valence-corrected chi connectivity index (χ2v) is 8.90. The third kappa shape index (κ3) is 3.88. The molecule has 0 bridgehead atoms. The number of nitrogens with zero attached hydrogens (tertiary/aromatic N) is 1. The number of fused-ring (bicyclic) bond motifs is 1. The summed E-state index contributed by atoms with van der Waals surface area (Å²) in [6.07, 6.45) is 0. The summed E-state index contributed by atoms with van der Waals surface area (Å²) in [5, 5.41) is 11.6. The molecule has 6 nitrogen and oxygen atoms in total. The van der Waals surface area contributed by atoms with E-state index in [0.717, 1.165) is 15.4 Å². The maximum atomic E-state index is 13.6. The molecule has 1 aromatic heterocycles. The summed E-state index contributed by atoms with van der Waals surface area (Å²) < 4.78 is 11.9. The molecule has 0 spiro atoms. The van der Waals surface area contributed by atoms with Gasteiger partial charge in [-0.3, -0.25) is 9.59 Å². The van der Waals surface area contributed by atoms with Crippen LogP contribution in [0.1, 0.15) is 27.7 Å². The lowest BCUT2D eigenvalue weighted by Crippen LogP contribution is -2.30. The lowest BCUT2D eigenvalue weighted by Gasteiger charge is -2.27. The summed E-state index contributed by atoms with van der Waals surface area (Å²) in [4.78, 5) is 28.3. The Hall–Kier alpha value is -3.84. The zero-order valence-electron chi connectivity index (χ0n) is 18.2. The molecule has 5 rings (SSSR count). The summed E-state index contributed by atoms with van der Waals surface area (Å²) >= 11 is 3.42.